The summed E-state index contributed by atoms with van der Waals surface area (Å²) < 4.78 is 0. The molecule has 8 aromatic carbocycles. The molecule has 0 radical (unpaired) electrons. The van der Waals surface area contributed by atoms with Crippen LogP contribution in [0.1, 0.15) is 12.5 Å². The van der Waals surface area contributed by atoms with Gasteiger partial charge in [-0.2, -0.15) is 0 Å². The van der Waals surface area contributed by atoms with Gasteiger partial charge in [-0.15, -0.1) is 0 Å². The Balaban J connectivity index is 1.29. The fraction of sp³-hybridized carbons (Fsp3) is 0.0204. The summed E-state index contributed by atoms with van der Waals surface area (Å²) in [5.41, 5.74) is 9.34. The first-order chi connectivity index (χ1) is 25.8. The van der Waals surface area contributed by atoms with Crippen LogP contribution in [0, 0.1) is 0 Å². The van der Waals surface area contributed by atoms with Crippen molar-refractivity contribution in [3.05, 3.63) is 199 Å². The lowest BCUT2D eigenvalue weighted by Crippen LogP contribution is -2.02. The summed E-state index contributed by atoms with van der Waals surface area (Å²) in [4.78, 5) is 0. The molecule has 4 nitrogen and oxygen atoms in total. The van der Waals surface area contributed by atoms with E-state index in [2.05, 4.69) is 116 Å². The SMILES string of the molecule is C=C(O)/C(=C(O)\C(O)=C(/C)O)c1c2ccccc2c(-c2ccc3cccc(-c4ccc(-c5cccc(-c6ccccc6)c5)cc4)c3c2)c2ccccc12. The van der Waals surface area contributed by atoms with Gasteiger partial charge in [-0.1, -0.05) is 158 Å². The zero-order valence-corrected chi connectivity index (χ0v) is 29.1. The Kier molecular flexibility index (Phi) is 8.49. The first-order valence-electron chi connectivity index (χ1n) is 17.4. The number of fused-ring (bicyclic) bond motifs is 3. The molecule has 0 spiro atoms. The second-order valence-electron chi connectivity index (χ2n) is 13.2. The van der Waals surface area contributed by atoms with Crippen molar-refractivity contribution >= 4 is 37.9 Å². The third-order valence-electron chi connectivity index (χ3n) is 9.94. The molecule has 0 fully saturated rings. The molecule has 8 aromatic rings. The van der Waals surface area contributed by atoms with E-state index in [9.17, 15) is 20.4 Å². The Morgan fingerprint density at radius 3 is 1.53 bits per heavy atom. The highest BCUT2D eigenvalue weighted by molar-refractivity contribution is 6.20. The van der Waals surface area contributed by atoms with Crippen molar-refractivity contribution in [2.45, 2.75) is 6.92 Å². The number of aliphatic hydroxyl groups excluding tert-OH is 4. The summed E-state index contributed by atoms with van der Waals surface area (Å²) >= 11 is 0. The van der Waals surface area contributed by atoms with E-state index in [0.29, 0.717) is 5.56 Å². The smallest absolute Gasteiger partial charge is 0.196 e. The maximum absolute atomic E-state index is 11.2. The molecule has 256 valence electrons. The summed E-state index contributed by atoms with van der Waals surface area (Å²) in [7, 11) is 0. The zero-order valence-electron chi connectivity index (χ0n) is 29.1. The molecule has 8 rings (SSSR count). The molecule has 4 heteroatoms. The largest absolute Gasteiger partial charge is 0.509 e. The van der Waals surface area contributed by atoms with Crippen LogP contribution < -0.4 is 0 Å². The molecular formula is C49H36O4. The van der Waals surface area contributed by atoms with Gasteiger partial charge in [-0.05, 0) is 95.9 Å². The highest BCUT2D eigenvalue weighted by atomic mass is 16.3. The van der Waals surface area contributed by atoms with Crippen molar-refractivity contribution in [3.8, 4) is 44.5 Å². The molecule has 53 heavy (non-hydrogen) atoms. The van der Waals surface area contributed by atoms with Crippen LogP contribution in [0.5, 0.6) is 0 Å². The molecular weight excluding hydrogens is 653 g/mol. The molecule has 0 unspecified atom stereocenters. The molecule has 0 aliphatic carbocycles. The predicted octanol–water partition coefficient (Wildman–Crippen LogP) is 13.5. The summed E-state index contributed by atoms with van der Waals surface area (Å²) in [5.74, 6) is -2.32. The Hall–Kier alpha value is -7.04. The van der Waals surface area contributed by atoms with E-state index in [1.54, 1.807) is 0 Å². The molecule has 0 aromatic heterocycles. The van der Waals surface area contributed by atoms with Gasteiger partial charge >= 0.3 is 0 Å². The molecule has 0 saturated heterocycles. The van der Waals surface area contributed by atoms with E-state index in [-0.39, 0.29) is 5.57 Å². The third-order valence-corrected chi connectivity index (χ3v) is 9.94. The first kappa shape index (κ1) is 33.1. The molecule has 4 N–H and O–H groups in total. The van der Waals surface area contributed by atoms with Gasteiger partial charge in [0.25, 0.3) is 0 Å². The van der Waals surface area contributed by atoms with Crippen molar-refractivity contribution in [1.29, 1.82) is 0 Å². The van der Waals surface area contributed by atoms with Crippen LogP contribution in [0.4, 0.5) is 0 Å². The van der Waals surface area contributed by atoms with E-state index in [4.69, 9.17) is 0 Å². The van der Waals surface area contributed by atoms with Crippen molar-refractivity contribution in [1.82, 2.24) is 0 Å². The van der Waals surface area contributed by atoms with Gasteiger partial charge in [0.1, 0.15) is 11.5 Å². The minimum Gasteiger partial charge on any atom is -0.509 e. The van der Waals surface area contributed by atoms with E-state index in [0.717, 1.165) is 65.7 Å². The van der Waals surface area contributed by atoms with Gasteiger partial charge in [0.15, 0.2) is 11.5 Å². The number of hydrogen-bond donors (Lipinski definition) is 4. The maximum atomic E-state index is 11.2. The lowest BCUT2D eigenvalue weighted by atomic mass is 9.84. The van der Waals surface area contributed by atoms with Crippen LogP contribution in [0.15, 0.2) is 193 Å². The Morgan fingerprint density at radius 1 is 0.415 bits per heavy atom. The second kappa shape index (κ2) is 13.6. The van der Waals surface area contributed by atoms with E-state index < -0.39 is 23.0 Å². The van der Waals surface area contributed by atoms with Gasteiger partial charge in [0, 0.05) is 5.56 Å². The number of hydrogen-bond acceptors (Lipinski definition) is 4. The Labute approximate surface area is 307 Å². The lowest BCUT2D eigenvalue weighted by molar-refractivity contribution is 0.285. The molecule has 0 bridgehead atoms. The van der Waals surface area contributed by atoms with Crippen molar-refractivity contribution < 1.29 is 20.4 Å². The fourth-order valence-corrected chi connectivity index (χ4v) is 7.43. The van der Waals surface area contributed by atoms with Gasteiger partial charge < -0.3 is 20.4 Å². The van der Waals surface area contributed by atoms with Crippen LogP contribution in [0.25, 0.3) is 82.4 Å². The molecule has 0 aliphatic rings. The topological polar surface area (TPSA) is 80.9 Å². The zero-order chi connectivity index (χ0) is 36.6. The van der Waals surface area contributed by atoms with Crippen molar-refractivity contribution in [2.75, 3.05) is 0 Å². The van der Waals surface area contributed by atoms with Crippen LogP contribution in [-0.4, -0.2) is 20.4 Å². The van der Waals surface area contributed by atoms with Crippen LogP contribution in [0.3, 0.4) is 0 Å². The maximum Gasteiger partial charge on any atom is 0.196 e. The summed E-state index contributed by atoms with van der Waals surface area (Å²) in [5, 5.41) is 48.1. The Morgan fingerprint density at radius 2 is 0.925 bits per heavy atom. The normalized spacial score (nSPS) is 12.5. The van der Waals surface area contributed by atoms with Crippen LogP contribution in [-0.2, 0) is 0 Å². The average molecular weight is 689 g/mol. The molecule has 0 aliphatic heterocycles. The monoisotopic (exact) mass is 688 g/mol. The quantitative estimate of drug-likeness (QED) is 0.0763. The number of allylic oxidation sites excluding steroid dienone is 2. The summed E-state index contributed by atoms with van der Waals surface area (Å²) in [6.07, 6.45) is 0. The molecule has 0 atom stereocenters. The lowest BCUT2D eigenvalue weighted by Gasteiger charge is -2.20. The minimum absolute atomic E-state index is 0.0640. The fourth-order valence-electron chi connectivity index (χ4n) is 7.43. The van der Waals surface area contributed by atoms with E-state index >= 15 is 0 Å². The number of aliphatic hydroxyl groups is 4. The van der Waals surface area contributed by atoms with Gasteiger partial charge in [-0.25, -0.2) is 0 Å². The van der Waals surface area contributed by atoms with E-state index in [1.807, 2.05) is 54.6 Å². The number of benzene rings is 8. The Bertz CT molecular complexity index is 2710. The summed E-state index contributed by atoms with van der Waals surface area (Å²) in [6, 6.07) is 56.3. The number of rotatable bonds is 7. The highest BCUT2D eigenvalue weighted by Gasteiger charge is 2.24. The standard InChI is InChI=1S/C49H36O4/c1-30(50)45(49(53)48(52)31(2)51)47-42-19-8-6-17-40(42)46(41-18-7-9-20-43(41)47)38-27-26-34-14-11-21-39(44(34)29-38)35-24-22-33(23-25-35)37-16-10-15-36(28-37)32-12-4-3-5-13-32/h3-29,50-53H,1H2,2H3/b48-31-,49-45-. The predicted molar refractivity (Wildman–Crippen MR) is 220 cm³/mol. The highest BCUT2D eigenvalue weighted by Crippen LogP contribution is 2.45. The average Bonchev–Trinajstić information content (AvgIpc) is 3.20. The van der Waals surface area contributed by atoms with Gasteiger partial charge in [-0.3, -0.25) is 0 Å². The second-order valence-corrected chi connectivity index (χ2v) is 13.2. The van der Waals surface area contributed by atoms with Crippen LogP contribution in [0.2, 0.25) is 0 Å². The molecule has 0 saturated carbocycles. The van der Waals surface area contributed by atoms with Crippen molar-refractivity contribution in [3.63, 3.8) is 0 Å². The molecule has 0 heterocycles. The van der Waals surface area contributed by atoms with Crippen LogP contribution >= 0.6 is 0 Å². The molecule has 0 amide bonds. The van der Waals surface area contributed by atoms with Gasteiger partial charge in [0.2, 0.25) is 0 Å². The first-order valence-corrected chi connectivity index (χ1v) is 17.4. The minimum atomic E-state index is -0.733. The third kappa shape index (κ3) is 5.96. The van der Waals surface area contributed by atoms with Crippen molar-refractivity contribution in [2.24, 2.45) is 0 Å². The van der Waals surface area contributed by atoms with E-state index in [1.165, 1.54) is 18.1 Å². The van der Waals surface area contributed by atoms with Gasteiger partial charge in [0.05, 0.1) is 5.57 Å². The summed E-state index contributed by atoms with van der Waals surface area (Å²) in [6.45, 7) is 4.98.